The Bertz CT molecular complexity index is 421. The molecule has 1 aromatic rings. The zero-order valence-corrected chi connectivity index (χ0v) is 14.9. The van der Waals surface area contributed by atoms with Gasteiger partial charge in [-0.1, -0.05) is 12.1 Å². The van der Waals surface area contributed by atoms with Gasteiger partial charge in [-0.15, -0.1) is 0 Å². The first kappa shape index (κ1) is 14.7. The summed E-state index contributed by atoms with van der Waals surface area (Å²) in [6.45, 7) is 0. The standard InChI is InChI=1S/C8H8O4S.Cs/c1-13(11,12)7-4-2-6(3-5-7)8(9)10;/h2-5H,1H3,(H,9,10);/q;+1/p-1. The average Bonchev–Trinajstić information content (AvgIpc) is 2.03. The van der Waals surface area contributed by atoms with Crippen LogP contribution in [0.4, 0.5) is 0 Å². The number of rotatable bonds is 2. The monoisotopic (exact) mass is 332 g/mol. The van der Waals surface area contributed by atoms with Gasteiger partial charge in [0.15, 0.2) is 9.84 Å². The van der Waals surface area contributed by atoms with Crippen molar-refractivity contribution in [2.24, 2.45) is 0 Å². The van der Waals surface area contributed by atoms with E-state index in [1.54, 1.807) is 0 Å². The molecule has 14 heavy (non-hydrogen) atoms. The zero-order chi connectivity index (χ0) is 10.1. The predicted octanol–water partition coefficient (Wildman–Crippen LogP) is -3.54. The van der Waals surface area contributed by atoms with Crippen LogP contribution in [0.1, 0.15) is 10.4 Å². The molecule has 0 aliphatic rings. The molecule has 0 N–H and O–H groups in total. The van der Waals surface area contributed by atoms with Gasteiger partial charge < -0.3 is 9.90 Å². The topological polar surface area (TPSA) is 74.3 Å². The number of aromatic carboxylic acids is 1. The van der Waals surface area contributed by atoms with E-state index in [1.165, 1.54) is 24.3 Å². The number of carbonyl (C=O) groups excluding carboxylic acids is 1. The van der Waals surface area contributed by atoms with Gasteiger partial charge in [-0.2, -0.15) is 0 Å². The van der Waals surface area contributed by atoms with Crippen LogP contribution in [-0.2, 0) is 9.84 Å². The number of hydrogen-bond acceptors (Lipinski definition) is 4. The van der Waals surface area contributed by atoms with Crippen molar-refractivity contribution in [3.63, 3.8) is 0 Å². The van der Waals surface area contributed by atoms with Gasteiger partial charge in [0, 0.05) is 6.26 Å². The van der Waals surface area contributed by atoms with E-state index >= 15 is 0 Å². The first-order valence-electron chi connectivity index (χ1n) is 3.43. The minimum atomic E-state index is -3.26. The third-order valence-corrected chi connectivity index (χ3v) is 2.65. The summed E-state index contributed by atoms with van der Waals surface area (Å²) in [6.07, 6.45) is 1.06. The zero-order valence-electron chi connectivity index (χ0n) is 7.85. The molecule has 0 atom stereocenters. The molecular weight excluding hydrogens is 325 g/mol. The van der Waals surface area contributed by atoms with Crippen LogP contribution in [0.2, 0.25) is 0 Å². The summed E-state index contributed by atoms with van der Waals surface area (Å²) in [7, 11) is -3.26. The number of sulfone groups is 1. The second-order valence-corrected chi connectivity index (χ2v) is 4.60. The van der Waals surface area contributed by atoms with E-state index in [1.807, 2.05) is 0 Å². The Labute approximate surface area is 141 Å². The van der Waals surface area contributed by atoms with Crippen molar-refractivity contribution < 1.29 is 87.2 Å². The number of carboxylic acids is 1. The fraction of sp³-hybridized carbons (Fsp3) is 0.125. The third-order valence-electron chi connectivity index (χ3n) is 1.52. The smallest absolute Gasteiger partial charge is 0.545 e. The first-order chi connectivity index (χ1) is 5.91. The van der Waals surface area contributed by atoms with E-state index in [0.717, 1.165) is 6.26 Å². The van der Waals surface area contributed by atoms with Crippen molar-refractivity contribution in [1.82, 2.24) is 0 Å². The molecule has 0 saturated carbocycles. The van der Waals surface area contributed by atoms with E-state index in [0.29, 0.717) is 0 Å². The van der Waals surface area contributed by atoms with E-state index in [2.05, 4.69) is 0 Å². The van der Waals surface area contributed by atoms with Gasteiger partial charge in [-0.25, -0.2) is 8.42 Å². The van der Waals surface area contributed by atoms with Crippen molar-refractivity contribution in [2.45, 2.75) is 4.90 Å². The van der Waals surface area contributed by atoms with Gasteiger partial charge in [0.05, 0.1) is 10.9 Å². The van der Waals surface area contributed by atoms with Gasteiger partial charge in [-0.05, 0) is 17.7 Å². The average molecular weight is 332 g/mol. The Hall–Kier alpha value is 0.692. The van der Waals surface area contributed by atoms with Crippen LogP contribution in [0.3, 0.4) is 0 Å². The number of hydrogen-bond donors (Lipinski definition) is 0. The first-order valence-corrected chi connectivity index (χ1v) is 5.32. The van der Waals surface area contributed by atoms with Crippen LogP contribution in [0.25, 0.3) is 0 Å². The van der Waals surface area contributed by atoms with Gasteiger partial charge in [0.1, 0.15) is 0 Å². The molecule has 0 bridgehead atoms. The summed E-state index contributed by atoms with van der Waals surface area (Å²) in [4.78, 5) is 10.4. The van der Waals surface area contributed by atoms with Crippen LogP contribution >= 0.6 is 0 Å². The van der Waals surface area contributed by atoms with Crippen LogP contribution < -0.4 is 74.0 Å². The van der Waals surface area contributed by atoms with Crippen molar-refractivity contribution in [1.29, 1.82) is 0 Å². The fourth-order valence-electron chi connectivity index (χ4n) is 0.838. The molecule has 0 saturated heterocycles. The Balaban J connectivity index is 0.00000169. The Morgan fingerprint density at radius 3 is 1.93 bits per heavy atom. The van der Waals surface area contributed by atoms with Crippen molar-refractivity contribution in [3.05, 3.63) is 29.8 Å². The molecule has 70 valence electrons. The number of carboxylic acid groups (broad SMARTS) is 1. The summed E-state index contributed by atoms with van der Waals surface area (Å²) >= 11 is 0. The molecule has 1 rings (SSSR count). The van der Waals surface area contributed by atoms with Crippen LogP contribution in [0.5, 0.6) is 0 Å². The Morgan fingerprint density at radius 1 is 1.21 bits per heavy atom. The van der Waals surface area contributed by atoms with E-state index in [-0.39, 0.29) is 79.4 Å². The maximum atomic E-state index is 11.0. The fourth-order valence-corrected chi connectivity index (χ4v) is 1.47. The molecule has 0 amide bonds. The molecule has 0 unspecified atom stereocenters. The van der Waals surface area contributed by atoms with E-state index in [4.69, 9.17) is 0 Å². The molecule has 0 fully saturated rings. The van der Waals surface area contributed by atoms with Gasteiger partial charge in [0.25, 0.3) is 0 Å². The maximum absolute atomic E-state index is 11.0. The van der Waals surface area contributed by atoms with Gasteiger partial charge in [-0.3, -0.25) is 0 Å². The molecule has 0 aliphatic heterocycles. The summed E-state index contributed by atoms with van der Waals surface area (Å²) < 4.78 is 21.9. The number of carbonyl (C=O) groups is 1. The molecule has 4 nitrogen and oxygen atoms in total. The SMILES string of the molecule is CS(=O)(=O)c1ccc(C(=O)[O-])cc1.[Cs+]. The van der Waals surface area contributed by atoms with Gasteiger partial charge in [0.2, 0.25) is 0 Å². The largest absolute Gasteiger partial charge is 1.00 e. The van der Waals surface area contributed by atoms with E-state index in [9.17, 15) is 18.3 Å². The molecule has 6 heteroatoms. The minimum absolute atomic E-state index is 0. The quantitative estimate of drug-likeness (QED) is 0.562. The molecular formula is C8H7CsO4S. The summed E-state index contributed by atoms with van der Waals surface area (Å²) in [5.74, 6) is -1.32. The molecule has 0 spiro atoms. The molecule has 0 radical (unpaired) electrons. The number of benzene rings is 1. The summed E-state index contributed by atoms with van der Waals surface area (Å²) in [5.41, 5.74) is -0.0348. The van der Waals surface area contributed by atoms with Gasteiger partial charge >= 0.3 is 68.9 Å². The third kappa shape index (κ3) is 4.05. The Kier molecular flexibility index (Phi) is 5.97. The van der Waals surface area contributed by atoms with Crippen molar-refractivity contribution >= 4 is 15.8 Å². The maximum Gasteiger partial charge on any atom is 1.00 e. The summed E-state index contributed by atoms with van der Waals surface area (Å²) in [5, 5.41) is 10.3. The van der Waals surface area contributed by atoms with Crippen LogP contribution in [0.15, 0.2) is 29.2 Å². The van der Waals surface area contributed by atoms with E-state index < -0.39 is 15.8 Å². The second-order valence-electron chi connectivity index (χ2n) is 2.58. The normalized spacial score (nSPS) is 10.4. The van der Waals surface area contributed by atoms with Crippen LogP contribution in [0, 0.1) is 0 Å². The second kappa shape index (κ2) is 5.69. The van der Waals surface area contributed by atoms with Crippen molar-refractivity contribution in [3.8, 4) is 0 Å². The minimum Gasteiger partial charge on any atom is -0.545 e. The molecule has 0 heterocycles. The van der Waals surface area contributed by atoms with Crippen LogP contribution in [-0.4, -0.2) is 20.6 Å². The summed E-state index contributed by atoms with van der Waals surface area (Å²) in [6, 6.07) is 4.87. The molecule has 0 aromatic heterocycles. The van der Waals surface area contributed by atoms with Crippen molar-refractivity contribution in [2.75, 3.05) is 6.26 Å². The molecule has 1 aromatic carbocycles. The Morgan fingerprint density at radius 2 is 1.64 bits per heavy atom. The predicted molar refractivity (Wildman–Crippen MR) is 43.9 cm³/mol. The molecule has 0 aliphatic carbocycles.